The quantitative estimate of drug-likeness (QED) is 0.542. The third-order valence-electron chi connectivity index (χ3n) is 2.60. The van der Waals surface area contributed by atoms with Gasteiger partial charge in [0.05, 0.1) is 13.0 Å². The molecule has 0 radical (unpaired) electrons. The first-order chi connectivity index (χ1) is 5.77. The molecule has 1 aliphatic carbocycles. The van der Waals surface area contributed by atoms with Crippen LogP contribution in [-0.4, -0.2) is 18.4 Å². The van der Waals surface area contributed by atoms with E-state index in [1.54, 1.807) is 0 Å². The predicted molar refractivity (Wildman–Crippen MR) is 51.3 cm³/mol. The molecule has 12 heavy (non-hydrogen) atoms. The van der Waals surface area contributed by atoms with Crippen molar-refractivity contribution < 1.29 is 9.53 Å². The molecule has 0 amide bonds. The van der Waals surface area contributed by atoms with Crippen LogP contribution in [0.15, 0.2) is 0 Å². The highest BCUT2D eigenvalue weighted by molar-refractivity contribution is 9.09. The summed E-state index contributed by atoms with van der Waals surface area (Å²) in [4.78, 5) is 11.1. The number of rotatable bonds is 2. The monoisotopic (exact) mass is 234 g/mol. The topological polar surface area (TPSA) is 26.3 Å². The van der Waals surface area contributed by atoms with Gasteiger partial charge in [-0.05, 0) is 31.6 Å². The molecule has 0 N–H and O–H groups in total. The molecule has 70 valence electrons. The van der Waals surface area contributed by atoms with Crippen LogP contribution in [0, 0.1) is 11.8 Å². The molecule has 1 saturated carbocycles. The van der Waals surface area contributed by atoms with E-state index in [0.717, 1.165) is 36.9 Å². The highest BCUT2D eigenvalue weighted by Gasteiger charge is 2.25. The van der Waals surface area contributed by atoms with Gasteiger partial charge < -0.3 is 4.74 Å². The molecule has 0 aromatic rings. The van der Waals surface area contributed by atoms with Crippen LogP contribution >= 0.6 is 15.9 Å². The number of hydrogen-bond donors (Lipinski definition) is 0. The predicted octanol–water partition coefficient (Wildman–Crippen LogP) is 2.36. The Morgan fingerprint density at radius 3 is 2.42 bits per heavy atom. The fraction of sp³-hybridized carbons (Fsp3) is 0.889. The van der Waals surface area contributed by atoms with E-state index in [0.29, 0.717) is 0 Å². The van der Waals surface area contributed by atoms with Gasteiger partial charge in [-0.2, -0.15) is 0 Å². The Labute approximate surface area is 81.8 Å². The molecular weight excluding hydrogens is 220 g/mol. The summed E-state index contributed by atoms with van der Waals surface area (Å²) in [6.07, 6.45) is 4.32. The number of carbonyl (C=O) groups excluding carboxylic acids is 1. The second-order valence-corrected chi connectivity index (χ2v) is 4.04. The Hall–Kier alpha value is -0.0500. The van der Waals surface area contributed by atoms with E-state index in [9.17, 15) is 4.79 Å². The largest absolute Gasteiger partial charge is 0.469 e. The molecule has 0 unspecified atom stereocenters. The minimum Gasteiger partial charge on any atom is -0.469 e. The van der Waals surface area contributed by atoms with E-state index in [1.165, 1.54) is 7.11 Å². The maximum atomic E-state index is 11.1. The SMILES string of the molecule is COC(=O)C1CCC(CBr)CC1. The summed E-state index contributed by atoms with van der Waals surface area (Å²) in [5, 5.41) is 1.07. The zero-order valence-electron chi connectivity index (χ0n) is 7.38. The first-order valence-corrected chi connectivity index (χ1v) is 5.54. The van der Waals surface area contributed by atoms with Crippen molar-refractivity contribution in [3.05, 3.63) is 0 Å². The van der Waals surface area contributed by atoms with E-state index in [-0.39, 0.29) is 11.9 Å². The molecule has 1 rings (SSSR count). The molecule has 0 saturated heterocycles. The van der Waals surface area contributed by atoms with Crippen LogP contribution in [0.3, 0.4) is 0 Å². The molecule has 1 fully saturated rings. The molecule has 0 atom stereocenters. The molecule has 1 aliphatic rings. The van der Waals surface area contributed by atoms with Crippen molar-refractivity contribution in [1.82, 2.24) is 0 Å². The Morgan fingerprint density at radius 2 is 2.00 bits per heavy atom. The fourth-order valence-electron chi connectivity index (χ4n) is 1.72. The van der Waals surface area contributed by atoms with E-state index in [4.69, 9.17) is 4.74 Å². The van der Waals surface area contributed by atoms with Crippen LogP contribution in [0.1, 0.15) is 25.7 Å². The fourth-order valence-corrected chi connectivity index (χ4v) is 2.37. The number of carbonyl (C=O) groups is 1. The Morgan fingerprint density at radius 1 is 1.42 bits per heavy atom. The van der Waals surface area contributed by atoms with Gasteiger partial charge in [-0.25, -0.2) is 0 Å². The van der Waals surface area contributed by atoms with Crippen LogP contribution in [0.2, 0.25) is 0 Å². The van der Waals surface area contributed by atoms with Crippen molar-refractivity contribution in [2.45, 2.75) is 25.7 Å². The normalized spacial score (nSPS) is 29.8. The highest BCUT2D eigenvalue weighted by Crippen LogP contribution is 2.30. The molecule has 0 aliphatic heterocycles. The van der Waals surface area contributed by atoms with Crippen molar-refractivity contribution in [3.63, 3.8) is 0 Å². The molecule has 0 aromatic heterocycles. The average molecular weight is 235 g/mol. The molecular formula is C9H15BrO2. The van der Waals surface area contributed by atoms with Gasteiger partial charge in [-0.3, -0.25) is 4.79 Å². The van der Waals surface area contributed by atoms with Crippen LogP contribution < -0.4 is 0 Å². The van der Waals surface area contributed by atoms with Crippen molar-refractivity contribution in [2.24, 2.45) is 11.8 Å². The van der Waals surface area contributed by atoms with Crippen molar-refractivity contribution in [2.75, 3.05) is 12.4 Å². The van der Waals surface area contributed by atoms with Gasteiger partial charge in [0.1, 0.15) is 0 Å². The number of alkyl halides is 1. The zero-order valence-corrected chi connectivity index (χ0v) is 8.97. The number of hydrogen-bond acceptors (Lipinski definition) is 2. The lowest BCUT2D eigenvalue weighted by molar-refractivity contribution is -0.146. The first-order valence-electron chi connectivity index (χ1n) is 4.41. The highest BCUT2D eigenvalue weighted by atomic mass is 79.9. The molecule has 0 spiro atoms. The maximum absolute atomic E-state index is 11.1. The summed E-state index contributed by atoms with van der Waals surface area (Å²) in [6.45, 7) is 0. The Balaban J connectivity index is 2.30. The van der Waals surface area contributed by atoms with Crippen molar-refractivity contribution in [1.29, 1.82) is 0 Å². The number of ether oxygens (including phenoxy) is 1. The summed E-state index contributed by atoms with van der Waals surface area (Å²) >= 11 is 3.47. The minimum absolute atomic E-state index is 0.0250. The molecule has 3 heteroatoms. The van der Waals surface area contributed by atoms with Crippen LogP contribution in [0.25, 0.3) is 0 Å². The van der Waals surface area contributed by atoms with Crippen LogP contribution in [-0.2, 0) is 9.53 Å². The van der Waals surface area contributed by atoms with E-state index in [2.05, 4.69) is 15.9 Å². The Kier molecular flexibility index (Phi) is 4.06. The number of methoxy groups -OCH3 is 1. The maximum Gasteiger partial charge on any atom is 0.308 e. The Bertz CT molecular complexity index is 151. The van der Waals surface area contributed by atoms with Gasteiger partial charge >= 0.3 is 5.97 Å². The second-order valence-electron chi connectivity index (χ2n) is 3.40. The van der Waals surface area contributed by atoms with Gasteiger partial charge in [0.15, 0.2) is 0 Å². The summed E-state index contributed by atoms with van der Waals surface area (Å²) in [6, 6.07) is 0. The molecule has 0 heterocycles. The first kappa shape index (κ1) is 10.0. The summed E-state index contributed by atoms with van der Waals surface area (Å²) in [7, 11) is 1.47. The van der Waals surface area contributed by atoms with Gasteiger partial charge in [-0.1, -0.05) is 15.9 Å². The van der Waals surface area contributed by atoms with Gasteiger partial charge in [-0.15, -0.1) is 0 Å². The average Bonchev–Trinajstić information content (AvgIpc) is 2.17. The minimum atomic E-state index is -0.0250. The number of esters is 1. The molecule has 2 nitrogen and oxygen atoms in total. The molecule has 0 aromatic carbocycles. The van der Waals surface area contributed by atoms with E-state index < -0.39 is 0 Å². The second kappa shape index (κ2) is 4.85. The van der Waals surface area contributed by atoms with Crippen LogP contribution in [0.4, 0.5) is 0 Å². The lowest BCUT2D eigenvalue weighted by atomic mass is 9.83. The van der Waals surface area contributed by atoms with Gasteiger partial charge in [0, 0.05) is 5.33 Å². The summed E-state index contributed by atoms with van der Waals surface area (Å²) in [5.74, 6) is 0.916. The lowest BCUT2D eigenvalue weighted by Gasteiger charge is -2.25. The third kappa shape index (κ3) is 2.47. The number of halogens is 1. The third-order valence-corrected chi connectivity index (χ3v) is 3.52. The smallest absolute Gasteiger partial charge is 0.308 e. The van der Waals surface area contributed by atoms with E-state index >= 15 is 0 Å². The zero-order chi connectivity index (χ0) is 8.97. The van der Waals surface area contributed by atoms with Crippen molar-refractivity contribution >= 4 is 21.9 Å². The summed E-state index contributed by atoms with van der Waals surface area (Å²) < 4.78 is 4.71. The van der Waals surface area contributed by atoms with Gasteiger partial charge in [0.25, 0.3) is 0 Å². The standard InChI is InChI=1S/C9H15BrO2/c1-12-9(11)8-4-2-7(6-10)3-5-8/h7-8H,2-6H2,1H3. The lowest BCUT2D eigenvalue weighted by Crippen LogP contribution is -2.23. The van der Waals surface area contributed by atoms with Gasteiger partial charge in [0.2, 0.25) is 0 Å². The molecule has 0 bridgehead atoms. The van der Waals surface area contributed by atoms with Crippen LogP contribution in [0.5, 0.6) is 0 Å². The van der Waals surface area contributed by atoms with Crippen molar-refractivity contribution in [3.8, 4) is 0 Å². The summed E-state index contributed by atoms with van der Waals surface area (Å²) in [5.41, 5.74) is 0. The van der Waals surface area contributed by atoms with E-state index in [1.807, 2.05) is 0 Å².